The Hall–Kier alpha value is -0.570. The van der Waals surface area contributed by atoms with Crippen LogP contribution in [0, 0.1) is 12.8 Å². The molecule has 1 aliphatic carbocycles. The van der Waals surface area contributed by atoms with Gasteiger partial charge in [-0.05, 0) is 30.4 Å². The normalized spacial score (nSPS) is 17.8. The summed E-state index contributed by atoms with van der Waals surface area (Å²) < 4.78 is 0. The molecule has 3 heteroatoms. The van der Waals surface area contributed by atoms with Gasteiger partial charge in [-0.3, -0.25) is 11.3 Å². The van der Waals surface area contributed by atoms with Gasteiger partial charge in [-0.15, -0.1) is 0 Å². The maximum atomic E-state index is 6.28. The molecule has 1 aromatic rings. The molecule has 2 rings (SSSR count). The lowest BCUT2D eigenvalue weighted by molar-refractivity contribution is 0.487. The van der Waals surface area contributed by atoms with Crippen molar-refractivity contribution in [1.82, 2.24) is 5.43 Å². The average molecular weight is 225 g/mol. The minimum absolute atomic E-state index is 0.199. The number of aryl methyl sites for hydroxylation is 1. The first-order chi connectivity index (χ1) is 7.22. The summed E-state index contributed by atoms with van der Waals surface area (Å²) >= 11 is 6.28. The molecule has 3 N–H and O–H groups in total. The molecule has 0 radical (unpaired) electrons. The predicted octanol–water partition coefficient (Wildman–Crippen LogP) is 2.95. The second kappa shape index (κ2) is 4.52. The fourth-order valence-electron chi connectivity index (χ4n) is 1.91. The molecule has 0 bridgehead atoms. The second-order valence-electron chi connectivity index (χ2n) is 4.38. The number of hydrazine groups is 1. The smallest absolute Gasteiger partial charge is 0.0483 e. The molecule has 0 heterocycles. The van der Waals surface area contributed by atoms with E-state index in [2.05, 4.69) is 11.5 Å². The lowest BCUT2D eigenvalue weighted by Gasteiger charge is -2.18. The molecule has 1 fully saturated rings. The summed E-state index contributed by atoms with van der Waals surface area (Å²) in [7, 11) is 0. The molecule has 1 saturated carbocycles. The quantitative estimate of drug-likeness (QED) is 0.610. The van der Waals surface area contributed by atoms with Gasteiger partial charge in [-0.1, -0.05) is 42.6 Å². The van der Waals surface area contributed by atoms with E-state index in [1.54, 1.807) is 0 Å². The highest BCUT2D eigenvalue weighted by Gasteiger charge is 2.26. The number of rotatable bonds is 4. The van der Waals surface area contributed by atoms with Crippen LogP contribution in [-0.4, -0.2) is 0 Å². The third-order valence-corrected chi connectivity index (χ3v) is 3.58. The standard InChI is InChI=1S/C12H17ClN2/c1-8-3-2-4-10(12(8)13)11(15-14)7-9-5-6-9/h2-4,9,11,15H,5-7,14H2,1H3. The number of benzene rings is 1. The van der Waals surface area contributed by atoms with Crippen LogP contribution in [0.4, 0.5) is 0 Å². The molecule has 15 heavy (non-hydrogen) atoms. The third kappa shape index (κ3) is 2.51. The van der Waals surface area contributed by atoms with Crippen LogP contribution in [0.2, 0.25) is 5.02 Å². The first-order valence-corrected chi connectivity index (χ1v) is 5.81. The van der Waals surface area contributed by atoms with Gasteiger partial charge in [-0.25, -0.2) is 0 Å². The van der Waals surface area contributed by atoms with Crippen LogP contribution < -0.4 is 11.3 Å². The number of nitrogens with two attached hydrogens (primary N) is 1. The van der Waals surface area contributed by atoms with Gasteiger partial charge in [0.15, 0.2) is 0 Å². The molecule has 1 aromatic carbocycles. The van der Waals surface area contributed by atoms with E-state index in [1.807, 2.05) is 19.1 Å². The molecule has 0 aromatic heterocycles. The topological polar surface area (TPSA) is 38.0 Å². The van der Waals surface area contributed by atoms with Crippen molar-refractivity contribution in [1.29, 1.82) is 0 Å². The summed E-state index contributed by atoms with van der Waals surface area (Å²) in [5.74, 6) is 6.43. The molecule has 1 aliphatic rings. The monoisotopic (exact) mass is 224 g/mol. The van der Waals surface area contributed by atoms with Crippen molar-refractivity contribution in [2.45, 2.75) is 32.2 Å². The number of nitrogens with one attached hydrogen (secondary N) is 1. The van der Waals surface area contributed by atoms with Crippen molar-refractivity contribution in [3.63, 3.8) is 0 Å². The van der Waals surface area contributed by atoms with Crippen LogP contribution in [0.1, 0.15) is 36.4 Å². The molecule has 2 nitrogen and oxygen atoms in total. The van der Waals surface area contributed by atoms with Crippen LogP contribution in [0.5, 0.6) is 0 Å². The first-order valence-electron chi connectivity index (χ1n) is 5.43. The van der Waals surface area contributed by atoms with Crippen LogP contribution >= 0.6 is 11.6 Å². The lowest BCUT2D eigenvalue weighted by atomic mass is 10.00. The molecular formula is C12H17ClN2. The van der Waals surface area contributed by atoms with Gasteiger partial charge in [0.2, 0.25) is 0 Å². The fraction of sp³-hybridized carbons (Fsp3) is 0.500. The number of hydrogen-bond donors (Lipinski definition) is 2. The zero-order chi connectivity index (χ0) is 10.8. The van der Waals surface area contributed by atoms with E-state index in [9.17, 15) is 0 Å². The molecule has 0 saturated heterocycles. The van der Waals surface area contributed by atoms with Gasteiger partial charge in [0.25, 0.3) is 0 Å². The van der Waals surface area contributed by atoms with Gasteiger partial charge in [0.1, 0.15) is 0 Å². The Morgan fingerprint density at radius 2 is 2.27 bits per heavy atom. The Bertz CT molecular complexity index is 347. The summed E-state index contributed by atoms with van der Waals surface area (Å²) in [6, 6.07) is 6.32. The van der Waals surface area contributed by atoms with Crippen LogP contribution in [0.3, 0.4) is 0 Å². The van der Waals surface area contributed by atoms with Gasteiger partial charge < -0.3 is 0 Å². The van der Waals surface area contributed by atoms with Crippen molar-refractivity contribution in [2.75, 3.05) is 0 Å². The highest BCUT2D eigenvalue weighted by Crippen LogP contribution is 2.39. The summed E-state index contributed by atoms with van der Waals surface area (Å²) in [4.78, 5) is 0. The van der Waals surface area contributed by atoms with Crippen LogP contribution in [0.15, 0.2) is 18.2 Å². The molecule has 82 valence electrons. The molecule has 1 unspecified atom stereocenters. The summed E-state index contributed by atoms with van der Waals surface area (Å²) in [5, 5.41) is 0.848. The van der Waals surface area contributed by atoms with Crippen molar-refractivity contribution in [3.8, 4) is 0 Å². The largest absolute Gasteiger partial charge is 0.271 e. The number of halogens is 1. The Morgan fingerprint density at radius 1 is 1.53 bits per heavy atom. The van der Waals surface area contributed by atoms with Gasteiger partial charge in [-0.2, -0.15) is 0 Å². The number of hydrogen-bond acceptors (Lipinski definition) is 2. The second-order valence-corrected chi connectivity index (χ2v) is 4.75. The fourth-order valence-corrected chi connectivity index (χ4v) is 2.17. The van der Waals surface area contributed by atoms with E-state index in [-0.39, 0.29) is 6.04 Å². The summed E-state index contributed by atoms with van der Waals surface area (Å²) in [6.07, 6.45) is 3.77. The van der Waals surface area contributed by atoms with Gasteiger partial charge >= 0.3 is 0 Å². The maximum Gasteiger partial charge on any atom is 0.0483 e. The minimum Gasteiger partial charge on any atom is -0.271 e. The highest BCUT2D eigenvalue weighted by molar-refractivity contribution is 6.32. The Kier molecular flexibility index (Phi) is 3.29. The van der Waals surface area contributed by atoms with Crippen LogP contribution in [0.25, 0.3) is 0 Å². The zero-order valence-corrected chi connectivity index (χ0v) is 9.72. The molecule has 0 amide bonds. The van der Waals surface area contributed by atoms with E-state index < -0.39 is 0 Å². The van der Waals surface area contributed by atoms with E-state index in [0.717, 1.165) is 28.5 Å². The predicted molar refractivity (Wildman–Crippen MR) is 63.6 cm³/mol. The highest BCUT2D eigenvalue weighted by atomic mass is 35.5. The molecule has 1 atom stereocenters. The van der Waals surface area contributed by atoms with E-state index in [1.165, 1.54) is 12.8 Å². The van der Waals surface area contributed by atoms with Crippen molar-refractivity contribution in [2.24, 2.45) is 11.8 Å². The molecule has 0 aliphatic heterocycles. The Morgan fingerprint density at radius 3 is 2.87 bits per heavy atom. The van der Waals surface area contributed by atoms with Gasteiger partial charge in [0, 0.05) is 11.1 Å². The van der Waals surface area contributed by atoms with E-state index >= 15 is 0 Å². The van der Waals surface area contributed by atoms with Crippen molar-refractivity contribution in [3.05, 3.63) is 34.3 Å². The van der Waals surface area contributed by atoms with E-state index in [0.29, 0.717) is 0 Å². The molecular weight excluding hydrogens is 208 g/mol. The summed E-state index contributed by atoms with van der Waals surface area (Å²) in [5.41, 5.74) is 5.12. The Balaban J connectivity index is 2.20. The SMILES string of the molecule is Cc1cccc(C(CC2CC2)NN)c1Cl. The molecule has 0 spiro atoms. The summed E-state index contributed by atoms with van der Waals surface area (Å²) in [6.45, 7) is 2.02. The zero-order valence-electron chi connectivity index (χ0n) is 8.96. The van der Waals surface area contributed by atoms with Gasteiger partial charge in [0.05, 0.1) is 0 Å². The lowest BCUT2D eigenvalue weighted by Crippen LogP contribution is -2.28. The minimum atomic E-state index is 0.199. The van der Waals surface area contributed by atoms with Crippen molar-refractivity contribution < 1.29 is 0 Å². The maximum absolute atomic E-state index is 6.28. The Labute approximate surface area is 95.8 Å². The third-order valence-electron chi connectivity index (χ3n) is 3.06. The van der Waals surface area contributed by atoms with Crippen LogP contribution in [-0.2, 0) is 0 Å². The average Bonchev–Trinajstić information content (AvgIpc) is 3.03. The first kappa shape index (κ1) is 10.9. The van der Waals surface area contributed by atoms with Crippen molar-refractivity contribution >= 4 is 11.6 Å². The van der Waals surface area contributed by atoms with E-state index in [4.69, 9.17) is 17.4 Å².